The Kier molecular flexibility index (Phi) is 5.83. The van der Waals surface area contributed by atoms with Crippen LogP contribution in [-0.4, -0.2) is 39.9 Å². The van der Waals surface area contributed by atoms with E-state index < -0.39 is 6.10 Å². The number of hydrogen-bond acceptors (Lipinski definition) is 4. The Labute approximate surface area is 148 Å². The number of aliphatic hydroxyl groups is 1. The lowest BCUT2D eigenvalue weighted by Crippen LogP contribution is -2.34. The molecule has 2 aromatic rings. The molecule has 134 valence electrons. The molecule has 3 N–H and O–H groups in total. The first-order valence-corrected chi connectivity index (χ1v) is 8.93. The Balaban J connectivity index is 1.54. The van der Waals surface area contributed by atoms with Crippen molar-refractivity contribution < 1.29 is 9.90 Å². The van der Waals surface area contributed by atoms with Crippen LogP contribution in [0.2, 0.25) is 0 Å². The molecule has 3 unspecified atom stereocenters. The highest BCUT2D eigenvalue weighted by Crippen LogP contribution is 2.18. The zero-order chi connectivity index (χ0) is 17.6. The highest BCUT2D eigenvalue weighted by molar-refractivity contribution is 5.92. The van der Waals surface area contributed by atoms with Gasteiger partial charge in [-0.25, -0.2) is 0 Å². The maximum absolute atomic E-state index is 12.4. The minimum atomic E-state index is -0.595. The molecule has 3 rings (SSSR count). The molecule has 1 aromatic carbocycles. The van der Waals surface area contributed by atoms with Crippen LogP contribution in [-0.2, 0) is 0 Å². The summed E-state index contributed by atoms with van der Waals surface area (Å²) in [6.07, 6.45) is 3.94. The van der Waals surface area contributed by atoms with Gasteiger partial charge in [-0.2, -0.15) is 5.10 Å². The molecule has 2 heterocycles. The number of nitrogens with zero attached hydrogens (tertiary/aromatic N) is 2. The minimum absolute atomic E-state index is 0.149. The van der Waals surface area contributed by atoms with E-state index >= 15 is 0 Å². The summed E-state index contributed by atoms with van der Waals surface area (Å²) in [6, 6.07) is 11.4. The minimum Gasteiger partial charge on any atom is -0.388 e. The van der Waals surface area contributed by atoms with Gasteiger partial charge in [0.15, 0.2) is 0 Å². The molecule has 1 aromatic heterocycles. The number of amides is 1. The molecule has 3 atom stereocenters. The zero-order valence-electron chi connectivity index (χ0n) is 14.6. The van der Waals surface area contributed by atoms with E-state index in [4.69, 9.17) is 0 Å². The Bertz CT molecular complexity index is 680. The van der Waals surface area contributed by atoms with Crippen LogP contribution in [0.5, 0.6) is 0 Å². The Morgan fingerprint density at radius 2 is 2.20 bits per heavy atom. The van der Waals surface area contributed by atoms with Crippen LogP contribution in [0.4, 0.5) is 0 Å². The molecule has 0 spiro atoms. The van der Waals surface area contributed by atoms with E-state index in [1.165, 1.54) is 0 Å². The number of piperidine rings is 1. The van der Waals surface area contributed by atoms with E-state index in [2.05, 4.69) is 15.7 Å². The van der Waals surface area contributed by atoms with Crippen LogP contribution < -0.4 is 10.6 Å². The molecule has 0 saturated carbocycles. The van der Waals surface area contributed by atoms with Gasteiger partial charge in [-0.1, -0.05) is 30.3 Å². The van der Waals surface area contributed by atoms with Crippen molar-refractivity contribution in [2.75, 3.05) is 13.1 Å². The summed E-state index contributed by atoms with van der Waals surface area (Å²) in [4.78, 5) is 12.4. The second kappa shape index (κ2) is 8.27. The normalized spacial score (nSPS) is 20.0. The number of rotatable bonds is 6. The number of aliphatic hydroxyl groups excluding tert-OH is 1. The second-order valence-electron chi connectivity index (χ2n) is 6.72. The summed E-state index contributed by atoms with van der Waals surface area (Å²) < 4.78 is 1.88. The standard InChI is InChI=1S/C19H26N4O2/c1-14(12-18(24)15-6-3-2-4-7-15)21-19(25)17-9-11-23(22-17)16-8-5-10-20-13-16/h2-4,6-7,9,11,14,16,18,20,24H,5,8,10,12-13H2,1H3,(H,21,25). The monoisotopic (exact) mass is 342 g/mol. The van der Waals surface area contributed by atoms with Crippen molar-refractivity contribution in [1.29, 1.82) is 0 Å². The van der Waals surface area contributed by atoms with Gasteiger partial charge in [-0.15, -0.1) is 0 Å². The smallest absolute Gasteiger partial charge is 0.271 e. The summed E-state index contributed by atoms with van der Waals surface area (Å²) in [5.41, 5.74) is 1.28. The number of carbonyl (C=O) groups excluding carboxylic acids is 1. The van der Waals surface area contributed by atoms with E-state index in [0.29, 0.717) is 18.2 Å². The molecule has 1 amide bonds. The lowest BCUT2D eigenvalue weighted by Gasteiger charge is -2.23. The highest BCUT2D eigenvalue weighted by atomic mass is 16.3. The molecular weight excluding hydrogens is 316 g/mol. The van der Waals surface area contributed by atoms with Crippen molar-refractivity contribution in [2.24, 2.45) is 0 Å². The predicted molar refractivity (Wildman–Crippen MR) is 96.3 cm³/mol. The SMILES string of the molecule is CC(CC(O)c1ccccc1)NC(=O)c1ccn(C2CCCNC2)n1. The Morgan fingerprint density at radius 1 is 1.40 bits per heavy atom. The molecule has 1 fully saturated rings. The van der Waals surface area contributed by atoms with Gasteiger partial charge >= 0.3 is 0 Å². The fourth-order valence-electron chi connectivity index (χ4n) is 3.22. The van der Waals surface area contributed by atoms with Gasteiger partial charge in [-0.3, -0.25) is 9.48 Å². The van der Waals surface area contributed by atoms with E-state index in [1.807, 2.05) is 48.1 Å². The molecule has 6 nitrogen and oxygen atoms in total. The van der Waals surface area contributed by atoms with Gasteiger partial charge in [0.25, 0.3) is 5.91 Å². The lowest BCUT2D eigenvalue weighted by molar-refractivity contribution is 0.0910. The third-order valence-electron chi connectivity index (χ3n) is 4.62. The molecule has 6 heteroatoms. The summed E-state index contributed by atoms with van der Waals surface area (Å²) >= 11 is 0. The third kappa shape index (κ3) is 4.67. The van der Waals surface area contributed by atoms with Crippen molar-refractivity contribution in [3.8, 4) is 0 Å². The van der Waals surface area contributed by atoms with E-state index in [1.54, 1.807) is 6.07 Å². The Morgan fingerprint density at radius 3 is 2.92 bits per heavy atom. The van der Waals surface area contributed by atoms with Crippen LogP contribution in [0.25, 0.3) is 0 Å². The van der Waals surface area contributed by atoms with Crippen molar-refractivity contribution in [1.82, 2.24) is 20.4 Å². The maximum atomic E-state index is 12.4. The average Bonchev–Trinajstić information content (AvgIpc) is 3.13. The van der Waals surface area contributed by atoms with Gasteiger partial charge in [0.05, 0.1) is 12.1 Å². The number of carbonyl (C=O) groups is 1. The Hall–Kier alpha value is -2.18. The summed E-state index contributed by atoms with van der Waals surface area (Å²) in [5, 5.41) is 21.0. The third-order valence-corrected chi connectivity index (χ3v) is 4.62. The van der Waals surface area contributed by atoms with Crippen LogP contribution in [0.15, 0.2) is 42.6 Å². The van der Waals surface area contributed by atoms with Gasteiger partial charge < -0.3 is 15.7 Å². The van der Waals surface area contributed by atoms with E-state index in [0.717, 1.165) is 31.5 Å². The first-order valence-electron chi connectivity index (χ1n) is 8.93. The number of benzene rings is 1. The molecular formula is C19H26N4O2. The van der Waals surface area contributed by atoms with Crippen LogP contribution in [0, 0.1) is 0 Å². The van der Waals surface area contributed by atoms with Crippen molar-refractivity contribution in [3.63, 3.8) is 0 Å². The molecule has 25 heavy (non-hydrogen) atoms. The number of nitrogens with one attached hydrogen (secondary N) is 2. The second-order valence-corrected chi connectivity index (χ2v) is 6.72. The highest BCUT2D eigenvalue weighted by Gasteiger charge is 2.19. The zero-order valence-corrected chi connectivity index (χ0v) is 14.6. The quantitative estimate of drug-likeness (QED) is 0.751. The summed E-state index contributed by atoms with van der Waals surface area (Å²) in [7, 11) is 0. The topological polar surface area (TPSA) is 79.2 Å². The first-order chi connectivity index (χ1) is 12.1. The van der Waals surface area contributed by atoms with Crippen LogP contribution in [0.1, 0.15) is 54.4 Å². The summed E-state index contributed by atoms with van der Waals surface area (Å²) in [5.74, 6) is -0.199. The average molecular weight is 342 g/mol. The van der Waals surface area contributed by atoms with E-state index in [9.17, 15) is 9.90 Å². The van der Waals surface area contributed by atoms with Gasteiger partial charge in [0.2, 0.25) is 0 Å². The van der Waals surface area contributed by atoms with Crippen LogP contribution >= 0.6 is 0 Å². The van der Waals surface area contributed by atoms with Crippen molar-refractivity contribution in [3.05, 3.63) is 53.9 Å². The lowest BCUT2D eigenvalue weighted by atomic mass is 10.0. The fourth-order valence-corrected chi connectivity index (χ4v) is 3.22. The molecule has 1 saturated heterocycles. The predicted octanol–water partition coefficient (Wildman–Crippen LogP) is 2.05. The van der Waals surface area contributed by atoms with Crippen molar-refractivity contribution >= 4 is 5.91 Å². The van der Waals surface area contributed by atoms with E-state index in [-0.39, 0.29) is 11.9 Å². The first kappa shape index (κ1) is 17.6. The number of hydrogen-bond donors (Lipinski definition) is 3. The van der Waals surface area contributed by atoms with Gasteiger partial charge in [-0.05, 0) is 44.4 Å². The molecule has 0 aliphatic carbocycles. The van der Waals surface area contributed by atoms with Gasteiger partial charge in [0.1, 0.15) is 5.69 Å². The molecule has 1 aliphatic heterocycles. The summed E-state index contributed by atoms with van der Waals surface area (Å²) in [6.45, 7) is 3.83. The molecule has 0 radical (unpaired) electrons. The fraction of sp³-hybridized carbons (Fsp3) is 0.474. The number of aromatic nitrogens is 2. The van der Waals surface area contributed by atoms with Crippen LogP contribution in [0.3, 0.4) is 0 Å². The van der Waals surface area contributed by atoms with Gasteiger partial charge in [0, 0.05) is 18.8 Å². The van der Waals surface area contributed by atoms with Crippen molar-refractivity contribution in [2.45, 2.75) is 44.4 Å². The largest absolute Gasteiger partial charge is 0.388 e. The molecule has 1 aliphatic rings. The molecule has 0 bridgehead atoms. The maximum Gasteiger partial charge on any atom is 0.271 e.